The molecule has 0 aromatic carbocycles. The van der Waals surface area contributed by atoms with Gasteiger partial charge in [0.15, 0.2) is 5.15 Å². The van der Waals surface area contributed by atoms with Crippen molar-refractivity contribution in [1.82, 2.24) is 15.1 Å². The summed E-state index contributed by atoms with van der Waals surface area (Å²) in [6.45, 7) is 0. The molecule has 0 saturated heterocycles. The molecule has 0 spiro atoms. The Morgan fingerprint density at radius 3 is 2.53 bits per heavy atom. The maximum absolute atomic E-state index is 12.0. The van der Waals surface area contributed by atoms with Gasteiger partial charge in [0.1, 0.15) is 16.8 Å². The lowest BCUT2D eigenvalue weighted by Gasteiger charge is -2.02. The highest BCUT2D eigenvalue weighted by Crippen LogP contribution is 2.26. The van der Waals surface area contributed by atoms with E-state index < -0.39 is 5.78 Å². The van der Waals surface area contributed by atoms with Gasteiger partial charge in [-0.3, -0.25) is 9.48 Å². The van der Waals surface area contributed by atoms with Gasteiger partial charge in [0.25, 0.3) is 0 Å². The van der Waals surface area contributed by atoms with E-state index in [1.165, 1.54) is 4.68 Å². The number of aryl methyl sites for hydroxylation is 1. The van der Waals surface area contributed by atoms with Crippen molar-refractivity contribution < 1.29 is 4.79 Å². The SMILES string of the molecule is CNC(S)=C(C#N)C(=O)c1c(Cl)nn(C)c1Cl. The number of nitriles is 1. The van der Waals surface area contributed by atoms with Crippen molar-refractivity contribution in [2.45, 2.75) is 0 Å². The number of Topliss-reactive ketones (excluding diaryl/α,β-unsaturated/α-hetero) is 1. The summed E-state index contributed by atoms with van der Waals surface area (Å²) in [5, 5.41) is 15.5. The fourth-order valence-electron chi connectivity index (χ4n) is 1.12. The Hall–Kier alpha value is -1.16. The van der Waals surface area contributed by atoms with E-state index >= 15 is 0 Å². The Kier molecular flexibility index (Phi) is 4.46. The number of halogens is 2. The van der Waals surface area contributed by atoms with Crippen LogP contribution in [0.15, 0.2) is 10.6 Å². The molecule has 0 amide bonds. The zero-order valence-corrected chi connectivity index (χ0v) is 11.4. The van der Waals surface area contributed by atoms with Crippen molar-refractivity contribution in [3.05, 3.63) is 26.5 Å². The molecule has 90 valence electrons. The lowest BCUT2D eigenvalue weighted by Crippen LogP contribution is -2.11. The van der Waals surface area contributed by atoms with Gasteiger partial charge in [-0.1, -0.05) is 23.2 Å². The molecule has 17 heavy (non-hydrogen) atoms. The predicted octanol–water partition coefficient (Wildman–Crippen LogP) is 1.79. The fraction of sp³-hybridized carbons (Fsp3) is 0.222. The van der Waals surface area contributed by atoms with Crippen molar-refractivity contribution in [1.29, 1.82) is 5.26 Å². The van der Waals surface area contributed by atoms with Gasteiger partial charge in [0.2, 0.25) is 5.78 Å². The van der Waals surface area contributed by atoms with E-state index in [1.807, 2.05) is 0 Å². The average molecular weight is 291 g/mol. The lowest BCUT2D eigenvalue weighted by atomic mass is 10.1. The van der Waals surface area contributed by atoms with Crippen LogP contribution in [-0.2, 0) is 7.05 Å². The molecule has 1 aromatic rings. The number of carbonyl (C=O) groups excluding carboxylic acids is 1. The average Bonchev–Trinajstić information content (AvgIpc) is 2.53. The van der Waals surface area contributed by atoms with Crippen LogP contribution in [0, 0.1) is 11.3 Å². The Balaban J connectivity index is 3.36. The molecular formula is C9H8Cl2N4OS. The second kappa shape index (κ2) is 5.45. The van der Waals surface area contributed by atoms with Gasteiger partial charge >= 0.3 is 0 Å². The molecule has 0 atom stereocenters. The number of hydrogen-bond acceptors (Lipinski definition) is 5. The lowest BCUT2D eigenvalue weighted by molar-refractivity contribution is 0.103. The maximum atomic E-state index is 12.0. The monoisotopic (exact) mass is 290 g/mol. The molecule has 0 bridgehead atoms. The van der Waals surface area contributed by atoms with E-state index in [9.17, 15) is 4.79 Å². The van der Waals surface area contributed by atoms with Crippen molar-refractivity contribution in [3.63, 3.8) is 0 Å². The summed E-state index contributed by atoms with van der Waals surface area (Å²) < 4.78 is 1.25. The van der Waals surface area contributed by atoms with Crippen molar-refractivity contribution in [2.75, 3.05) is 7.05 Å². The number of nitrogens with zero attached hydrogens (tertiary/aromatic N) is 3. The molecule has 1 heterocycles. The zero-order chi connectivity index (χ0) is 13.2. The van der Waals surface area contributed by atoms with Crippen LogP contribution in [0.5, 0.6) is 0 Å². The topological polar surface area (TPSA) is 70.7 Å². The molecule has 5 nitrogen and oxygen atoms in total. The normalized spacial score (nSPS) is 11.8. The van der Waals surface area contributed by atoms with Crippen LogP contribution < -0.4 is 5.32 Å². The molecule has 8 heteroatoms. The predicted molar refractivity (Wildman–Crippen MR) is 68.2 cm³/mol. The Labute approximate surface area is 113 Å². The highest BCUT2D eigenvalue weighted by molar-refractivity contribution is 7.84. The Morgan fingerprint density at radius 1 is 1.59 bits per heavy atom. The second-order valence-corrected chi connectivity index (χ2v) is 4.16. The van der Waals surface area contributed by atoms with Crippen LogP contribution in [0.4, 0.5) is 0 Å². The number of thiol groups is 1. The molecule has 1 rings (SSSR count). The Morgan fingerprint density at radius 2 is 2.18 bits per heavy atom. The summed E-state index contributed by atoms with van der Waals surface area (Å²) in [5.74, 6) is -0.616. The first kappa shape index (κ1) is 13.9. The largest absolute Gasteiger partial charge is 0.382 e. The van der Waals surface area contributed by atoms with E-state index in [0.29, 0.717) is 0 Å². The van der Waals surface area contributed by atoms with Gasteiger partial charge < -0.3 is 5.32 Å². The van der Waals surface area contributed by atoms with Gasteiger partial charge in [0, 0.05) is 14.1 Å². The molecule has 1 aromatic heterocycles. The van der Waals surface area contributed by atoms with Gasteiger partial charge in [-0.25, -0.2) is 0 Å². The third-order valence-corrected chi connectivity index (χ3v) is 3.12. The van der Waals surface area contributed by atoms with Crippen LogP contribution in [0.25, 0.3) is 0 Å². The number of allylic oxidation sites excluding steroid dienone is 1. The third kappa shape index (κ3) is 2.57. The molecular weight excluding hydrogens is 283 g/mol. The third-order valence-electron chi connectivity index (χ3n) is 1.97. The quantitative estimate of drug-likeness (QED) is 0.385. The second-order valence-electron chi connectivity index (χ2n) is 2.99. The van der Waals surface area contributed by atoms with Crippen LogP contribution in [0.2, 0.25) is 10.3 Å². The smallest absolute Gasteiger partial charge is 0.212 e. The maximum Gasteiger partial charge on any atom is 0.212 e. The summed E-state index contributed by atoms with van der Waals surface area (Å²) in [6.07, 6.45) is 0. The van der Waals surface area contributed by atoms with Crippen molar-refractivity contribution in [3.8, 4) is 6.07 Å². The zero-order valence-electron chi connectivity index (χ0n) is 8.95. The molecule has 0 aliphatic carbocycles. The molecule has 0 unspecified atom stereocenters. The Bertz CT molecular complexity index is 544. The number of nitrogens with one attached hydrogen (secondary N) is 1. The summed E-state index contributed by atoms with van der Waals surface area (Å²) >= 11 is 15.6. The molecule has 0 radical (unpaired) electrons. The minimum Gasteiger partial charge on any atom is -0.382 e. The van der Waals surface area contributed by atoms with Crippen molar-refractivity contribution in [2.24, 2.45) is 7.05 Å². The van der Waals surface area contributed by atoms with E-state index in [-0.39, 0.29) is 26.5 Å². The van der Waals surface area contributed by atoms with E-state index in [1.54, 1.807) is 20.2 Å². The highest BCUT2D eigenvalue weighted by Gasteiger charge is 2.25. The minimum atomic E-state index is -0.616. The number of hydrogen-bond donors (Lipinski definition) is 2. The number of ketones is 1. The molecule has 1 N–H and O–H groups in total. The number of aromatic nitrogens is 2. The molecule has 0 aliphatic rings. The van der Waals surface area contributed by atoms with Crippen LogP contribution in [0.3, 0.4) is 0 Å². The minimum absolute atomic E-state index is 0.00539. The molecule has 0 fully saturated rings. The van der Waals surface area contributed by atoms with Gasteiger partial charge in [0.05, 0.1) is 10.6 Å². The van der Waals surface area contributed by atoms with E-state index in [0.717, 1.165) is 0 Å². The first-order valence-corrected chi connectivity index (χ1v) is 5.58. The highest BCUT2D eigenvalue weighted by atomic mass is 35.5. The number of carbonyl (C=O) groups is 1. The first-order chi connectivity index (χ1) is 7.93. The standard InChI is InChI=1S/C9H8Cl2N4OS/c1-13-9(17)4(3-12)6(16)5-7(10)14-15(2)8(5)11/h13,17H,1-2H3. The summed E-state index contributed by atoms with van der Waals surface area (Å²) in [4.78, 5) is 12.0. The van der Waals surface area contributed by atoms with Crippen LogP contribution in [-0.4, -0.2) is 22.6 Å². The fourth-order valence-corrected chi connectivity index (χ4v) is 1.82. The van der Waals surface area contributed by atoms with Crippen molar-refractivity contribution >= 4 is 41.6 Å². The summed E-state index contributed by atoms with van der Waals surface area (Å²) in [7, 11) is 3.08. The first-order valence-electron chi connectivity index (χ1n) is 4.37. The molecule has 0 aliphatic heterocycles. The van der Waals surface area contributed by atoms with Crippen LogP contribution in [0.1, 0.15) is 10.4 Å². The summed E-state index contributed by atoms with van der Waals surface area (Å²) in [5.41, 5.74) is -0.179. The summed E-state index contributed by atoms with van der Waals surface area (Å²) in [6, 6.07) is 1.75. The van der Waals surface area contributed by atoms with Crippen LogP contribution >= 0.6 is 35.8 Å². The van der Waals surface area contributed by atoms with Gasteiger partial charge in [-0.2, -0.15) is 10.4 Å². The molecule has 0 saturated carbocycles. The van der Waals surface area contributed by atoms with E-state index in [4.69, 9.17) is 28.5 Å². The van der Waals surface area contributed by atoms with Gasteiger partial charge in [-0.05, 0) is 0 Å². The van der Waals surface area contributed by atoms with E-state index in [2.05, 4.69) is 23.0 Å². The number of rotatable bonds is 3. The van der Waals surface area contributed by atoms with Gasteiger partial charge in [-0.15, -0.1) is 12.6 Å².